The van der Waals surface area contributed by atoms with Crippen LogP contribution in [0.3, 0.4) is 0 Å². The average molecular weight is 390 g/mol. The topological polar surface area (TPSA) is 106 Å². The number of benzene rings is 1. The first kappa shape index (κ1) is 20.9. The number of hydrogen-bond donors (Lipinski definition) is 0. The minimum Gasteiger partial charge on any atom is -0.493 e. The number of hydrogen-bond acceptors (Lipinski definition) is 8. The highest BCUT2D eigenvalue weighted by atomic mass is 16.5. The molecule has 150 valence electrons. The SMILES string of the molecule is CCOC(=O)c1cc(C(=O)OCC)n(CC(=O)c2ccc(OC)c(OC)c2)n1. The third-order valence-corrected chi connectivity index (χ3v) is 3.75. The predicted octanol–water partition coefficient (Wildman–Crippen LogP) is 2.14. The maximum atomic E-state index is 12.7. The van der Waals surface area contributed by atoms with E-state index >= 15 is 0 Å². The Morgan fingerprint density at radius 1 is 0.929 bits per heavy atom. The van der Waals surface area contributed by atoms with E-state index in [1.165, 1.54) is 26.4 Å². The van der Waals surface area contributed by atoms with E-state index in [1.807, 2.05) is 0 Å². The van der Waals surface area contributed by atoms with E-state index in [2.05, 4.69) is 5.10 Å². The maximum Gasteiger partial charge on any atom is 0.358 e. The molecule has 0 N–H and O–H groups in total. The van der Waals surface area contributed by atoms with Crippen LogP contribution < -0.4 is 9.47 Å². The van der Waals surface area contributed by atoms with Crippen LogP contribution in [0.15, 0.2) is 24.3 Å². The summed E-state index contributed by atoms with van der Waals surface area (Å²) in [7, 11) is 2.95. The minimum atomic E-state index is -0.689. The van der Waals surface area contributed by atoms with Gasteiger partial charge in [-0.05, 0) is 32.0 Å². The monoisotopic (exact) mass is 390 g/mol. The molecule has 0 spiro atoms. The lowest BCUT2D eigenvalue weighted by Crippen LogP contribution is -2.18. The Morgan fingerprint density at radius 3 is 2.18 bits per heavy atom. The second-order valence-corrected chi connectivity index (χ2v) is 5.51. The van der Waals surface area contributed by atoms with E-state index in [9.17, 15) is 14.4 Å². The van der Waals surface area contributed by atoms with Crippen LogP contribution in [0.4, 0.5) is 0 Å². The molecule has 2 rings (SSSR count). The van der Waals surface area contributed by atoms with Gasteiger partial charge in [-0.15, -0.1) is 0 Å². The van der Waals surface area contributed by atoms with Crippen molar-refractivity contribution in [2.24, 2.45) is 0 Å². The van der Waals surface area contributed by atoms with E-state index in [4.69, 9.17) is 18.9 Å². The van der Waals surface area contributed by atoms with E-state index in [1.54, 1.807) is 26.0 Å². The lowest BCUT2D eigenvalue weighted by molar-refractivity contribution is 0.0505. The number of rotatable bonds is 9. The molecule has 0 amide bonds. The molecule has 0 aliphatic rings. The maximum absolute atomic E-state index is 12.7. The number of carbonyl (C=O) groups is 3. The van der Waals surface area contributed by atoms with Crippen LogP contribution in [0.25, 0.3) is 0 Å². The molecule has 0 atom stereocenters. The van der Waals surface area contributed by atoms with Gasteiger partial charge < -0.3 is 18.9 Å². The number of ether oxygens (including phenoxy) is 4. The van der Waals surface area contributed by atoms with Crippen LogP contribution in [0.2, 0.25) is 0 Å². The van der Waals surface area contributed by atoms with Gasteiger partial charge in [0, 0.05) is 11.6 Å². The molecule has 0 saturated carbocycles. The first-order valence-corrected chi connectivity index (χ1v) is 8.62. The lowest BCUT2D eigenvalue weighted by atomic mass is 10.1. The fourth-order valence-electron chi connectivity index (χ4n) is 2.45. The van der Waals surface area contributed by atoms with Crippen molar-refractivity contribution in [2.45, 2.75) is 20.4 Å². The van der Waals surface area contributed by atoms with Crippen molar-refractivity contribution >= 4 is 17.7 Å². The largest absolute Gasteiger partial charge is 0.493 e. The molecule has 0 bridgehead atoms. The summed E-state index contributed by atoms with van der Waals surface area (Å²) >= 11 is 0. The van der Waals surface area contributed by atoms with Crippen LogP contribution in [-0.4, -0.2) is 54.9 Å². The summed E-state index contributed by atoms with van der Waals surface area (Å²) in [5.74, 6) is -0.845. The summed E-state index contributed by atoms with van der Waals surface area (Å²) in [4.78, 5) is 36.8. The molecule has 2 aromatic rings. The van der Waals surface area contributed by atoms with Gasteiger partial charge in [0.15, 0.2) is 23.0 Å². The molecule has 0 unspecified atom stereocenters. The number of carbonyl (C=O) groups excluding carboxylic acids is 3. The second kappa shape index (κ2) is 9.54. The summed E-state index contributed by atoms with van der Waals surface area (Å²) in [6.07, 6.45) is 0. The predicted molar refractivity (Wildman–Crippen MR) is 98.0 cm³/mol. The molecule has 0 fully saturated rings. The van der Waals surface area contributed by atoms with Gasteiger partial charge in [0.25, 0.3) is 0 Å². The molecule has 9 nitrogen and oxygen atoms in total. The highest BCUT2D eigenvalue weighted by molar-refractivity contribution is 5.98. The van der Waals surface area contributed by atoms with Gasteiger partial charge in [-0.2, -0.15) is 5.10 Å². The van der Waals surface area contributed by atoms with Gasteiger partial charge in [0.1, 0.15) is 12.2 Å². The Bertz CT molecular complexity index is 873. The first-order valence-electron chi connectivity index (χ1n) is 8.62. The van der Waals surface area contributed by atoms with Gasteiger partial charge in [-0.25, -0.2) is 14.3 Å². The molecule has 0 radical (unpaired) electrons. The molecule has 0 aliphatic carbocycles. The Labute approximate surface area is 162 Å². The van der Waals surface area contributed by atoms with E-state index in [0.29, 0.717) is 17.1 Å². The van der Waals surface area contributed by atoms with E-state index < -0.39 is 11.9 Å². The Morgan fingerprint density at radius 2 is 1.57 bits per heavy atom. The van der Waals surface area contributed by atoms with Gasteiger partial charge in [-0.3, -0.25) is 4.79 Å². The summed E-state index contributed by atoms with van der Waals surface area (Å²) in [6, 6.07) is 5.95. The third kappa shape index (κ3) is 4.67. The third-order valence-electron chi connectivity index (χ3n) is 3.75. The molecule has 0 saturated heterocycles. The van der Waals surface area contributed by atoms with E-state index in [-0.39, 0.29) is 36.9 Å². The zero-order valence-corrected chi connectivity index (χ0v) is 16.2. The number of Topliss-reactive ketones (excluding diaryl/α,β-unsaturated/α-hetero) is 1. The number of nitrogens with zero attached hydrogens (tertiary/aromatic N) is 2. The molecular weight excluding hydrogens is 368 g/mol. The second-order valence-electron chi connectivity index (χ2n) is 5.51. The normalized spacial score (nSPS) is 10.3. The summed E-state index contributed by atoms with van der Waals surface area (Å²) < 4.78 is 21.4. The van der Waals surface area contributed by atoms with Crippen LogP contribution in [0.1, 0.15) is 45.2 Å². The van der Waals surface area contributed by atoms with Crippen LogP contribution in [0, 0.1) is 0 Å². The Hall–Kier alpha value is -3.36. The minimum absolute atomic E-state index is 0.0151. The highest BCUT2D eigenvalue weighted by Crippen LogP contribution is 2.27. The first-order chi connectivity index (χ1) is 13.4. The molecule has 28 heavy (non-hydrogen) atoms. The van der Waals surface area contributed by atoms with Crippen LogP contribution >= 0.6 is 0 Å². The van der Waals surface area contributed by atoms with Crippen molar-refractivity contribution in [2.75, 3.05) is 27.4 Å². The van der Waals surface area contributed by atoms with Crippen molar-refractivity contribution in [3.8, 4) is 11.5 Å². The summed E-state index contributed by atoms with van der Waals surface area (Å²) in [6.45, 7) is 3.33. The van der Waals surface area contributed by atoms with Crippen molar-refractivity contribution < 1.29 is 33.3 Å². The Kier molecular flexibility index (Phi) is 7.14. The van der Waals surface area contributed by atoms with Gasteiger partial charge in [0.05, 0.1) is 27.4 Å². The molecular formula is C19H22N2O7. The zero-order chi connectivity index (χ0) is 20.7. The fourth-order valence-corrected chi connectivity index (χ4v) is 2.45. The van der Waals surface area contributed by atoms with Gasteiger partial charge in [-0.1, -0.05) is 0 Å². The van der Waals surface area contributed by atoms with Gasteiger partial charge in [0.2, 0.25) is 0 Å². The fraction of sp³-hybridized carbons (Fsp3) is 0.368. The average Bonchev–Trinajstić information content (AvgIpc) is 3.11. The van der Waals surface area contributed by atoms with Crippen molar-refractivity contribution in [3.63, 3.8) is 0 Å². The lowest BCUT2D eigenvalue weighted by Gasteiger charge is -2.10. The molecule has 0 aliphatic heterocycles. The van der Waals surface area contributed by atoms with Crippen molar-refractivity contribution in [1.29, 1.82) is 0 Å². The molecule has 1 aromatic carbocycles. The van der Waals surface area contributed by atoms with Gasteiger partial charge >= 0.3 is 11.9 Å². The summed E-state index contributed by atoms with van der Waals surface area (Å²) in [5.41, 5.74) is 0.240. The number of esters is 2. The quantitative estimate of drug-likeness (QED) is 0.474. The van der Waals surface area contributed by atoms with Crippen LogP contribution in [0.5, 0.6) is 11.5 Å². The molecule has 9 heteroatoms. The highest BCUT2D eigenvalue weighted by Gasteiger charge is 2.23. The number of aromatic nitrogens is 2. The number of methoxy groups -OCH3 is 2. The van der Waals surface area contributed by atoms with E-state index in [0.717, 1.165) is 4.68 Å². The number of ketones is 1. The standard InChI is InChI=1S/C19H22N2O7/c1-5-27-18(23)13-10-14(19(24)28-6-2)21(20-13)11-15(22)12-7-8-16(25-3)17(9-12)26-4/h7-10H,5-6,11H2,1-4H3. The smallest absolute Gasteiger partial charge is 0.358 e. The Balaban J connectivity index is 2.34. The summed E-state index contributed by atoms with van der Waals surface area (Å²) in [5, 5.41) is 4.04. The zero-order valence-electron chi connectivity index (χ0n) is 16.2. The van der Waals surface area contributed by atoms with Crippen molar-refractivity contribution in [1.82, 2.24) is 9.78 Å². The molecule has 1 heterocycles. The molecule has 1 aromatic heterocycles. The van der Waals surface area contributed by atoms with Crippen LogP contribution in [-0.2, 0) is 16.0 Å². The van der Waals surface area contributed by atoms with Crippen molar-refractivity contribution in [3.05, 3.63) is 41.2 Å².